The maximum absolute atomic E-state index is 14.4. The second-order valence-corrected chi connectivity index (χ2v) is 18.1. The molecule has 0 bridgehead atoms. The zero-order valence-electron chi connectivity index (χ0n) is 41.9. The van der Waals surface area contributed by atoms with Gasteiger partial charge < -0.3 is 52.1 Å². The Hall–Kier alpha value is -7.37. The summed E-state index contributed by atoms with van der Waals surface area (Å²) in [7, 11) is 1.37. The van der Waals surface area contributed by atoms with Gasteiger partial charge in [0, 0.05) is 7.11 Å². The van der Waals surface area contributed by atoms with Crippen LogP contribution in [0.25, 0.3) is 0 Å². The van der Waals surface area contributed by atoms with Gasteiger partial charge in [-0.25, -0.2) is 14.4 Å². The maximum Gasteiger partial charge on any atom is 0.338 e. The minimum Gasteiger partial charge on any atom is -0.459 e. The van der Waals surface area contributed by atoms with Crippen LogP contribution in [0.1, 0.15) is 53.3 Å². The van der Waals surface area contributed by atoms with Gasteiger partial charge in [-0.3, -0.25) is 0 Å². The predicted molar refractivity (Wildman–Crippen MR) is 278 cm³/mol. The quantitative estimate of drug-likeness (QED) is 0.0441. The lowest BCUT2D eigenvalue weighted by molar-refractivity contribution is -0.368. The third-order valence-electron chi connectivity index (χ3n) is 12.8. The molecule has 0 spiro atoms. The smallest absolute Gasteiger partial charge is 0.338 e. The van der Waals surface area contributed by atoms with Gasteiger partial charge >= 0.3 is 17.9 Å². The highest BCUT2D eigenvalue weighted by molar-refractivity contribution is 5.90. The van der Waals surface area contributed by atoms with Crippen molar-refractivity contribution in [2.75, 3.05) is 20.3 Å². The van der Waals surface area contributed by atoms with Gasteiger partial charge in [0.15, 0.2) is 24.8 Å². The Labute approximate surface area is 442 Å². The van der Waals surface area contributed by atoms with E-state index in [2.05, 4.69) is 0 Å². The summed E-state index contributed by atoms with van der Waals surface area (Å²) in [5.41, 5.74) is 4.27. The van der Waals surface area contributed by atoms with E-state index in [1.807, 2.05) is 121 Å². The van der Waals surface area contributed by atoms with Crippen molar-refractivity contribution in [2.45, 2.75) is 87.8 Å². The summed E-state index contributed by atoms with van der Waals surface area (Å²) >= 11 is 0. The Morgan fingerprint density at radius 3 is 1.20 bits per heavy atom. The lowest BCUT2D eigenvalue weighted by Gasteiger charge is -2.49. The average molecular weight is 1030 g/mol. The van der Waals surface area contributed by atoms with Crippen LogP contribution in [0.15, 0.2) is 212 Å². The first kappa shape index (κ1) is 53.5. The summed E-state index contributed by atoms with van der Waals surface area (Å²) < 4.78 is 72.9. The topological polar surface area (TPSA) is 153 Å². The molecule has 2 saturated heterocycles. The first-order valence-corrected chi connectivity index (χ1v) is 25.2. The van der Waals surface area contributed by atoms with Crippen LogP contribution in [-0.2, 0) is 78.5 Å². The number of ether oxygens (including phenoxy) is 11. The molecule has 9 rings (SSSR count). The molecule has 2 aliphatic heterocycles. The van der Waals surface area contributed by atoms with E-state index in [0.717, 1.165) is 22.3 Å². The fourth-order valence-corrected chi connectivity index (χ4v) is 8.98. The van der Waals surface area contributed by atoms with Gasteiger partial charge in [0.1, 0.15) is 43.2 Å². The van der Waals surface area contributed by atoms with Crippen LogP contribution >= 0.6 is 0 Å². The van der Waals surface area contributed by atoms with Crippen LogP contribution in [0.5, 0.6) is 0 Å². The molecule has 0 saturated carbocycles. The molecule has 2 heterocycles. The molecule has 14 nitrogen and oxygen atoms in total. The van der Waals surface area contributed by atoms with E-state index in [9.17, 15) is 14.4 Å². The van der Waals surface area contributed by atoms with Crippen LogP contribution in [-0.4, -0.2) is 99.6 Å². The number of carbonyl (C=O) groups excluding carboxylic acids is 3. The maximum atomic E-state index is 14.4. The third kappa shape index (κ3) is 14.5. The normalized spacial score (nSPS) is 23.2. The van der Waals surface area contributed by atoms with Gasteiger partial charge in [0.2, 0.25) is 0 Å². The van der Waals surface area contributed by atoms with Crippen LogP contribution in [0.2, 0.25) is 0 Å². The fraction of sp³-hybridized carbons (Fsp3) is 0.274. The average Bonchev–Trinajstić information content (AvgIpc) is 3.50. The number of esters is 3. The van der Waals surface area contributed by atoms with E-state index in [0.29, 0.717) is 0 Å². The number of hydrogen-bond donors (Lipinski definition) is 0. The van der Waals surface area contributed by atoms with Crippen LogP contribution < -0.4 is 0 Å². The number of hydrogen-bond acceptors (Lipinski definition) is 14. The second kappa shape index (κ2) is 27.4. The van der Waals surface area contributed by atoms with Crippen molar-refractivity contribution >= 4 is 17.9 Å². The Balaban J connectivity index is 1.14. The van der Waals surface area contributed by atoms with Crippen molar-refractivity contribution in [2.24, 2.45) is 0 Å². The lowest BCUT2D eigenvalue weighted by Crippen LogP contribution is -2.67. The van der Waals surface area contributed by atoms with Crippen molar-refractivity contribution in [1.29, 1.82) is 0 Å². The molecule has 0 aromatic heterocycles. The number of carbonyl (C=O) groups is 3. The Morgan fingerprint density at radius 2 is 0.737 bits per heavy atom. The van der Waals surface area contributed by atoms with E-state index in [-0.39, 0.29) is 49.7 Å². The van der Waals surface area contributed by atoms with Crippen LogP contribution in [0.4, 0.5) is 0 Å². The van der Waals surface area contributed by atoms with E-state index in [1.54, 1.807) is 91.0 Å². The van der Waals surface area contributed by atoms with E-state index >= 15 is 0 Å². The van der Waals surface area contributed by atoms with Gasteiger partial charge in [-0.15, -0.1) is 0 Å². The van der Waals surface area contributed by atoms with E-state index in [1.165, 1.54) is 7.11 Å². The molecule has 2 fully saturated rings. The van der Waals surface area contributed by atoms with Crippen LogP contribution in [0, 0.1) is 0 Å². The highest BCUT2D eigenvalue weighted by atomic mass is 16.8. The van der Waals surface area contributed by atoms with Gasteiger partial charge in [-0.1, -0.05) is 176 Å². The summed E-state index contributed by atoms with van der Waals surface area (Å²) in [4.78, 5) is 42.2. The molecule has 10 atom stereocenters. The first-order valence-electron chi connectivity index (χ1n) is 25.2. The standard InChI is InChI=1S/C62H60O14/c1-66-61-57(75-60(65)49-35-21-8-22-36-49)55(53(74-59(64)48-33-19-7-20-34-48)51(72-61)42-71-58(63)47-31-17-6-18-32-47)76-62-56(70-40-46-29-15-5-16-30-46)54(69-39-45-27-13-4-14-28-45)52(68-38-44-25-11-3-12-26-44)50(73-62)41-67-37-43-23-9-2-10-24-43/h2-36,50-57,61-62H,37-42H2,1H3/t50-,51-,52+,53+,54+,55+,56-,57-,61+,62-/m1/s1. The molecule has 392 valence electrons. The summed E-state index contributed by atoms with van der Waals surface area (Å²) in [6.45, 7) is 0.184. The van der Waals surface area contributed by atoms with Crippen molar-refractivity contribution in [3.05, 3.63) is 251 Å². The minimum atomic E-state index is -1.48. The molecule has 0 radical (unpaired) electrons. The molecule has 0 N–H and O–H groups in total. The van der Waals surface area contributed by atoms with Crippen molar-refractivity contribution in [1.82, 2.24) is 0 Å². The van der Waals surface area contributed by atoms with Gasteiger partial charge in [-0.2, -0.15) is 0 Å². The highest BCUT2D eigenvalue weighted by Crippen LogP contribution is 2.37. The van der Waals surface area contributed by atoms with Gasteiger partial charge in [0.05, 0.1) is 49.7 Å². The summed E-state index contributed by atoms with van der Waals surface area (Å²) in [5, 5.41) is 0. The van der Waals surface area contributed by atoms with Gasteiger partial charge in [0.25, 0.3) is 0 Å². The Kier molecular flexibility index (Phi) is 19.3. The van der Waals surface area contributed by atoms with E-state index < -0.39 is 85.9 Å². The summed E-state index contributed by atoms with van der Waals surface area (Å²) in [6.07, 6.45) is -12.3. The highest BCUT2D eigenvalue weighted by Gasteiger charge is 2.56. The zero-order valence-corrected chi connectivity index (χ0v) is 41.9. The summed E-state index contributed by atoms with van der Waals surface area (Å²) in [6, 6.07) is 64.0. The molecular formula is C62H60O14. The Morgan fingerprint density at radius 1 is 0.368 bits per heavy atom. The van der Waals surface area contributed by atoms with Crippen molar-refractivity contribution in [3.63, 3.8) is 0 Å². The van der Waals surface area contributed by atoms with Crippen molar-refractivity contribution in [3.8, 4) is 0 Å². The number of benzene rings is 7. The van der Waals surface area contributed by atoms with Crippen molar-refractivity contribution < 1.29 is 66.5 Å². The minimum absolute atomic E-state index is 0.00378. The molecule has 14 heteroatoms. The SMILES string of the molecule is CO[C@H]1O[C@H](COC(=O)c2ccccc2)[C@H](OC(=O)c2ccccc2)[C@H](O[C@H]2O[C@H](COCc3ccccc3)[C@H](OCc3ccccc3)[C@H](OCc3ccccc3)[C@H]2OCc2ccccc2)[C@H]1OC(=O)c1ccccc1. The zero-order chi connectivity index (χ0) is 52.3. The largest absolute Gasteiger partial charge is 0.459 e. The monoisotopic (exact) mass is 1030 g/mol. The molecule has 7 aromatic carbocycles. The molecule has 76 heavy (non-hydrogen) atoms. The van der Waals surface area contributed by atoms with E-state index in [4.69, 9.17) is 52.1 Å². The molecular weight excluding hydrogens is 969 g/mol. The molecule has 2 aliphatic rings. The molecule has 7 aromatic rings. The fourth-order valence-electron chi connectivity index (χ4n) is 8.98. The lowest BCUT2D eigenvalue weighted by atomic mass is 9.95. The second-order valence-electron chi connectivity index (χ2n) is 18.1. The predicted octanol–water partition coefficient (Wildman–Crippen LogP) is 9.75. The molecule has 0 unspecified atom stereocenters. The third-order valence-corrected chi connectivity index (χ3v) is 12.8. The Bertz CT molecular complexity index is 2830. The summed E-state index contributed by atoms with van der Waals surface area (Å²) in [5.74, 6) is -2.18. The van der Waals surface area contributed by atoms with Crippen LogP contribution in [0.3, 0.4) is 0 Å². The van der Waals surface area contributed by atoms with Gasteiger partial charge in [-0.05, 0) is 58.7 Å². The first-order chi connectivity index (χ1) is 37.4. The molecule has 0 amide bonds. The number of methoxy groups -OCH3 is 1. The number of rotatable bonds is 23. The molecule has 0 aliphatic carbocycles.